The van der Waals surface area contributed by atoms with Crippen LogP contribution < -0.4 is 4.90 Å². The van der Waals surface area contributed by atoms with Crippen LogP contribution in [0.1, 0.15) is 11.7 Å². The summed E-state index contributed by atoms with van der Waals surface area (Å²) >= 11 is 6.12. The van der Waals surface area contributed by atoms with Crippen molar-refractivity contribution < 1.29 is 9.45 Å². The van der Waals surface area contributed by atoms with Crippen molar-refractivity contribution in [1.82, 2.24) is 20.0 Å². The molecule has 0 bridgehead atoms. The molecule has 0 N–H and O–H groups in total. The summed E-state index contributed by atoms with van der Waals surface area (Å²) in [4.78, 5) is 22.8. The number of hydrogen-bond acceptors (Lipinski definition) is 8. The molecule has 0 aliphatic carbocycles. The summed E-state index contributed by atoms with van der Waals surface area (Å²) in [6, 6.07) is 1.33. The lowest BCUT2D eigenvalue weighted by Gasteiger charge is -2.35. The van der Waals surface area contributed by atoms with Gasteiger partial charge in [-0.3, -0.25) is 15.0 Å². The SMILES string of the molecule is Cc1nc(CN2CCN(c3ncc([N+](=O)[O-])cc3Cl)CC2)no1. The minimum absolute atomic E-state index is 0.107. The van der Waals surface area contributed by atoms with Gasteiger partial charge >= 0.3 is 0 Å². The maximum absolute atomic E-state index is 10.7. The number of nitrogens with zero attached hydrogens (tertiary/aromatic N) is 6. The summed E-state index contributed by atoms with van der Waals surface area (Å²) in [7, 11) is 0. The summed E-state index contributed by atoms with van der Waals surface area (Å²) in [5, 5.41) is 14.9. The number of aromatic nitrogens is 3. The molecule has 1 saturated heterocycles. The highest BCUT2D eigenvalue weighted by molar-refractivity contribution is 6.33. The zero-order valence-electron chi connectivity index (χ0n) is 12.5. The lowest BCUT2D eigenvalue weighted by atomic mass is 10.3. The van der Waals surface area contributed by atoms with Crippen LogP contribution in [0.2, 0.25) is 5.02 Å². The number of anilines is 1. The third-order valence-electron chi connectivity index (χ3n) is 3.62. The summed E-state index contributed by atoms with van der Waals surface area (Å²) in [5.74, 6) is 1.80. The molecule has 1 aliphatic rings. The first-order valence-corrected chi connectivity index (χ1v) is 7.47. The monoisotopic (exact) mass is 338 g/mol. The quantitative estimate of drug-likeness (QED) is 0.612. The Labute approximate surface area is 137 Å². The van der Waals surface area contributed by atoms with E-state index in [1.165, 1.54) is 12.3 Å². The Morgan fingerprint density at radius 1 is 1.39 bits per heavy atom. The Balaban J connectivity index is 1.61. The largest absolute Gasteiger partial charge is 0.353 e. The maximum Gasteiger partial charge on any atom is 0.289 e. The summed E-state index contributed by atoms with van der Waals surface area (Å²) in [6.45, 7) is 5.43. The van der Waals surface area contributed by atoms with E-state index in [0.29, 0.717) is 29.1 Å². The van der Waals surface area contributed by atoms with Gasteiger partial charge in [-0.25, -0.2) is 4.98 Å². The second kappa shape index (κ2) is 6.47. The van der Waals surface area contributed by atoms with Crippen LogP contribution in [0.3, 0.4) is 0 Å². The molecule has 0 aromatic carbocycles. The van der Waals surface area contributed by atoms with Gasteiger partial charge in [0.05, 0.1) is 16.5 Å². The van der Waals surface area contributed by atoms with Gasteiger partial charge < -0.3 is 9.42 Å². The van der Waals surface area contributed by atoms with Gasteiger partial charge in [-0.2, -0.15) is 4.98 Å². The van der Waals surface area contributed by atoms with E-state index in [0.717, 1.165) is 26.2 Å². The van der Waals surface area contributed by atoms with Crippen LogP contribution in [-0.4, -0.2) is 51.1 Å². The van der Waals surface area contributed by atoms with Crippen LogP contribution in [0.5, 0.6) is 0 Å². The molecule has 3 heterocycles. The average Bonchev–Trinajstić information content (AvgIpc) is 2.93. The number of nitro groups is 1. The molecule has 122 valence electrons. The van der Waals surface area contributed by atoms with Gasteiger partial charge in [-0.1, -0.05) is 16.8 Å². The van der Waals surface area contributed by atoms with Crippen molar-refractivity contribution in [1.29, 1.82) is 0 Å². The molecule has 2 aromatic rings. The Morgan fingerprint density at radius 2 is 2.13 bits per heavy atom. The van der Waals surface area contributed by atoms with E-state index >= 15 is 0 Å². The van der Waals surface area contributed by atoms with Crippen LogP contribution in [0.15, 0.2) is 16.8 Å². The number of halogens is 1. The molecule has 0 saturated carbocycles. The summed E-state index contributed by atoms with van der Waals surface area (Å²) in [5.41, 5.74) is -0.107. The van der Waals surface area contributed by atoms with Crippen molar-refractivity contribution in [3.05, 3.63) is 39.1 Å². The lowest BCUT2D eigenvalue weighted by Crippen LogP contribution is -2.46. The fourth-order valence-electron chi connectivity index (χ4n) is 2.48. The number of aryl methyl sites for hydroxylation is 1. The Hall–Kier alpha value is -2.26. The lowest BCUT2D eigenvalue weighted by molar-refractivity contribution is -0.385. The number of hydrogen-bond donors (Lipinski definition) is 0. The second-order valence-corrected chi connectivity index (χ2v) is 5.66. The van der Waals surface area contributed by atoms with Crippen LogP contribution in [0.4, 0.5) is 11.5 Å². The van der Waals surface area contributed by atoms with Gasteiger partial charge in [0, 0.05) is 39.2 Å². The standard InChI is InChI=1S/C13H15ClN6O3/c1-9-16-12(17-23-9)8-18-2-4-19(5-3-18)13-11(14)6-10(7-15-13)20(21)22/h6-7H,2-5,8H2,1H3. The van der Waals surface area contributed by atoms with E-state index in [1.807, 2.05) is 4.90 Å². The fourth-order valence-corrected chi connectivity index (χ4v) is 2.76. The van der Waals surface area contributed by atoms with Crippen molar-refractivity contribution in [2.75, 3.05) is 31.1 Å². The van der Waals surface area contributed by atoms with E-state index in [4.69, 9.17) is 16.1 Å². The van der Waals surface area contributed by atoms with Crippen molar-refractivity contribution >= 4 is 23.1 Å². The molecule has 0 radical (unpaired) electrons. The molecule has 0 unspecified atom stereocenters. The van der Waals surface area contributed by atoms with Gasteiger partial charge in [0.1, 0.15) is 12.0 Å². The van der Waals surface area contributed by atoms with Crippen molar-refractivity contribution in [3.63, 3.8) is 0 Å². The van der Waals surface area contributed by atoms with Gasteiger partial charge in [-0.05, 0) is 0 Å². The first-order chi connectivity index (χ1) is 11.0. The highest BCUT2D eigenvalue weighted by Gasteiger charge is 2.22. The molecule has 0 spiro atoms. The van der Waals surface area contributed by atoms with Crippen LogP contribution in [0, 0.1) is 17.0 Å². The smallest absolute Gasteiger partial charge is 0.289 e. The third kappa shape index (κ3) is 3.57. The molecule has 9 nitrogen and oxygen atoms in total. The molecule has 1 aliphatic heterocycles. The van der Waals surface area contributed by atoms with Crippen molar-refractivity contribution in [2.24, 2.45) is 0 Å². The molecule has 1 fully saturated rings. The van der Waals surface area contributed by atoms with E-state index in [2.05, 4.69) is 20.0 Å². The molecule has 0 atom stereocenters. The Kier molecular flexibility index (Phi) is 4.39. The predicted octanol–water partition coefficient (Wildman–Crippen LogP) is 1.66. The van der Waals surface area contributed by atoms with E-state index in [-0.39, 0.29) is 5.69 Å². The van der Waals surface area contributed by atoms with E-state index in [9.17, 15) is 10.1 Å². The molecule has 10 heteroatoms. The summed E-state index contributed by atoms with van der Waals surface area (Å²) in [6.07, 6.45) is 1.23. The Bertz CT molecular complexity index is 713. The predicted molar refractivity (Wildman–Crippen MR) is 82.4 cm³/mol. The van der Waals surface area contributed by atoms with Gasteiger partial charge in [0.15, 0.2) is 5.82 Å². The normalized spacial score (nSPS) is 15.8. The maximum atomic E-state index is 10.7. The van der Waals surface area contributed by atoms with E-state index < -0.39 is 4.92 Å². The van der Waals surface area contributed by atoms with E-state index in [1.54, 1.807) is 6.92 Å². The molecule has 2 aromatic heterocycles. The first-order valence-electron chi connectivity index (χ1n) is 7.09. The van der Waals surface area contributed by atoms with Crippen molar-refractivity contribution in [3.8, 4) is 0 Å². The first kappa shape index (κ1) is 15.6. The number of pyridine rings is 1. The molecule has 0 amide bonds. The topological polar surface area (TPSA) is 101 Å². The Morgan fingerprint density at radius 3 is 2.70 bits per heavy atom. The molecule has 3 rings (SSSR count). The molecular weight excluding hydrogens is 324 g/mol. The highest BCUT2D eigenvalue weighted by atomic mass is 35.5. The van der Waals surface area contributed by atoms with Crippen LogP contribution >= 0.6 is 11.6 Å². The highest BCUT2D eigenvalue weighted by Crippen LogP contribution is 2.27. The number of rotatable bonds is 4. The van der Waals surface area contributed by atoms with Gasteiger partial charge in [0.2, 0.25) is 5.89 Å². The minimum atomic E-state index is -0.506. The number of piperazine rings is 1. The van der Waals surface area contributed by atoms with Gasteiger partial charge in [0.25, 0.3) is 5.69 Å². The van der Waals surface area contributed by atoms with Crippen LogP contribution in [-0.2, 0) is 6.54 Å². The fraction of sp³-hybridized carbons (Fsp3) is 0.462. The molecule has 23 heavy (non-hydrogen) atoms. The minimum Gasteiger partial charge on any atom is -0.353 e. The average molecular weight is 339 g/mol. The zero-order chi connectivity index (χ0) is 16.4. The summed E-state index contributed by atoms with van der Waals surface area (Å²) < 4.78 is 4.96. The second-order valence-electron chi connectivity index (χ2n) is 5.25. The van der Waals surface area contributed by atoms with Crippen molar-refractivity contribution in [2.45, 2.75) is 13.5 Å². The molecular formula is C13H15ClN6O3. The van der Waals surface area contributed by atoms with Crippen LogP contribution in [0.25, 0.3) is 0 Å². The third-order valence-corrected chi connectivity index (χ3v) is 3.90. The zero-order valence-corrected chi connectivity index (χ0v) is 13.2. The van der Waals surface area contributed by atoms with Gasteiger partial charge in [-0.15, -0.1) is 0 Å².